The summed E-state index contributed by atoms with van der Waals surface area (Å²) in [5.74, 6) is 0.487. The molecule has 0 amide bonds. The van der Waals surface area contributed by atoms with Crippen LogP contribution in [0.5, 0.6) is 0 Å². The number of rotatable bonds is 4. The van der Waals surface area contributed by atoms with E-state index in [0.717, 1.165) is 24.2 Å². The Morgan fingerprint density at radius 1 is 1.56 bits per heavy atom. The lowest BCUT2D eigenvalue weighted by atomic mass is 10.1. The molecule has 5 heteroatoms. The lowest BCUT2D eigenvalue weighted by Crippen LogP contribution is -2.27. The molecule has 0 radical (unpaired) electrons. The second-order valence-corrected chi connectivity index (χ2v) is 5.00. The maximum Gasteiger partial charge on any atom is 0.100 e. The van der Waals surface area contributed by atoms with Crippen LogP contribution < -0.4 is 0 Å². The van der Waals surface area contributed by atoms with Crippen molar-refractivity contribution in [3.63, 3.8) is 0 Å². The maximum atomic E-state index is 9.78. The number of hydrogen-bond donors (Lipinski definition) is 1. The van der Waals surface area contributed by atoms with Gasteiger partial charge in [0, 0.05) is 5.92 Å². The molecule has 1 aromatic rings. The van der Waals surface area contributed by atoms with Crippen LogP contribution in [-0.2, 0) is 13.0 Å². The molecule has 0 aromatic carbocycles. The van der Waals surface area contributed by atoms with Crippen LogP contribution in [0.1, 0.15) is 44.0 Å². The third-order valence-corrected chi connectivity index (χ3v) is 2.59. The van der Waals surface area contributed by atoms with E-state index in [1.807, 2.05) is 0 Å². The summed E-state index contributed by atoms with van der Waals surface area (Å²) in [5, 5.41) is 26.6. The smallest absolute Gasteiger partial charge is 0.100 e. The van der Waals surface area contributed by atoms with E-state index in [1.54, 1.807) is 18.5 Å². The van der Waals surface area contributed by atoms with Crippen LogP contribution in [0.15, 0.2) is 0 Å². The normalized spacial score (nSPS) is 16.1. The second-order valence-electron chi connectivity index (χ2n) is 5.00. The van der Waals surface area contributed by atoms with Gasteiger partial charge in [-0.25, -0.2) is 4.68 Å². The topological polar surface area (TPSA) is 74.7 Å². The molecule has 0 spiro atoms. The van der Waals surface area contributed by atoms with Gasteiger partial charge >= 0.3 is 0 Å². The lowest BCUT2D eigenvalue weighted by molar-refractivity contribution is 0.0562. The van der Waals surface area contributed by atoms with Crippen molar-refractivity contribution < 1.29 is 5.11 Å². The molecule has 0 unspecified atom stereocenters. The van der Waals surface area contributed by atoms with E-state index in [4.69, 9.17) is 5.26 Å². The highest BCUT2D eigenvalue weighted by Gasteiger charge is 2.32. The van der Waals surface area contributed by atoms with Gasteiger partial charge in [0.15, 0.2) is 0 Å². The van der Waals surface area contributed by atoms with Crippen LogP contribution in [0.4, 0.5) is 0 Å². The van der Waals surface area contributed by atoms with Gasteiger partial charge in [0.05, 0.1) is 30.3 Å². The van der Waals surface area contributed by atoms with Crippen LogP contribution >= 0.6 is 0 Å². The number of nitrogens with zero attached hydrogens (tertiary/aromatic N) is 4. The Hall–Kier alpha value is -1.41. The molecule has 86 valence electrons. The van der Waals surface area contributed by atoms with E-state index < -0.39 is 5.60 Å². The summed E-state index contributed by atoms with van der Waals surface area (Å²) in [6.07, 6.45) is 2.58. The minimum atomic E-state index is -0.804. The largest absolute Gasteiger partial charge is 0.389 e. The van der Waals surface area contributed by atoms with Gasteiger partial charge in [0.1, 0.15) is 5.69 Å². The summed E-state index contributed by atoms with van der Waals surface area (Å²) in [7, 11) is 0. The molecule has 1 fully saturated rings. The Morgan fingerprint density at radius 2 is 2.25 bits per heavy atom. The predicted molar refractivity (Wildman–Crippen MR) is 57.6 cm³/mol. The summed E-state index contributed by atoms with van der Waals surface area (Å²) in [6.45, 7) is 3.92. The van der Waals surface area contributed by atoms with E-state index >= 15 is 0 Å². The number of hydrogen-bond acceptors (Lipinski definition) is 4. The van der Waals surface area contributed by atoms with Crippen molar-refractivity contribution >= 4 is 0 Å². The molecule has 1 saturated carbocycles. The third kappa shape index (κ3) is 2.39. The molecule has 0 saturated heterocycles. The Balaban J connectivity index is 2.28. The highest BCUT2D eigenvalue weighted by molar-refractivity contribution is 5.23. The van der Waals surface area contributed by atoms with Crippen molar-refractivity contribution in [1.29, 1.82) is 5.26 Å². The first kappa shape index (κ1) is 11.1. The van der Waals surface area contributed by atoms with E-state index in [0.29, 0.717) is 18.9 Å². The minimum absolute atomic E-state index is 0.303. The number of nitriles is 1. The predicted octanol–water partition coefficient (Wildman–Crippen LogP) is 0.992. The first-order valence-corrected chi connectivity index (χ1v) is 5.53. The van der Waals surface area contributed by atoms with Crippen molar-refractivity contribution in [3.05, 3.63) is 11.4 Å². The van der Waals surface area contributed by atoms with Crippen LogP contribution in [0, 0.1) is 11.3 Å². The number of aliphatic hydroxyl groups is 1. The molecule has 0 bridgehead atoms. The van der Waals surface area contributed by atoms with Crippen LogP contribution in [-0.4, -0.2) is 25.7 Å². The van der Waals surface area contributed by atoms with Crippen molar-refractivity contribution in [2.45, 2.75) is 51.2 Å². The van der Waals surface area contributed by atoms with Gasteiger partial charge in [-0.05, 0) is 26.7 Å². The lowest BCUT2D eigenvalue weighted by Gasteiger charge is -2.18. The molecule has 1 N–H and O–H groups in total. The Morgan fingerprint density at radius 3 is 2.75 bits per heavy atom. The molecule has 1 aromatic heterocycles. The quantitative estimate of drug-likeness (QED) is 0.821. The van der Waals surface area contributed by atoms with Crippen LogP contribution in [0.25, 0.3) is 0 Å². The van der Waals surface area contributed by atoms with Crippen molar-refractivity contribution in [1.82, 2.24) is 15.0 Å². The van der Waals surface area contributed by atoms with Gasteiger partial charge in [-0.15, -0.1) is 5.10 Å². The SMILES string of the molecule is CC(C)(O)Cn1nnc(CC#N)c1C1CC1. The zero-order valence-electron chi connectivity index (χ0n) is 9.64. The third-order valence-electron chi connectivity index (χ3n) is 2.59. The standard InChI is InChI=1S/C11H16N4O/c1-11(2,16)7-15-10(8-3-4-8)9(5-6-12)13-14-15/h8,16H,3-5,7H2,1-2H3. The minimum Gasteiger partial charge on any atom is -0.389 e. The summed E-state index contributed by atoms with van der Waals surface area (Å²) < 4.78 is 1.75. The Labute approximate surface area is 94.7 Å². The highest BCUT2D eigenvalue weighted by Crippen LogP contribution is 2.41. The van der Waals surface area contributed by atoms with Gasteiger partial charge in [0.2, 0.25) is 0 Å². The molecule has 1 aliphatic rings. The fraction of sp³-hybridized carbons (Fsp3) is 0.727. The fourth-order valence-electron chi connectivity index (χ4n) is 1.84. The average Bonchev–Trinajstić information content (AvgIpc) is 2.91. The molecule has 1 heterocycles. The monoisotopic (exact) mass is 220 g/mol. The molecular weight excluding hydrogens is 204 g/mol. The van der Waals surface area contributed by atoms with Gasteiger partial charge in [0.25, 0.3) is 0 Å². The van der Waals surface area contributed by atoms with E-state index in [1.165, 1.54) is 0 Å². The summed E-state index contributed by atoms with van der Waals surface area (Å²) in [6, 6.07) is 2.10. The summed E-state index contributed by atoms with van der Waals surface area (Å²) >= 11 is 0. The molecular formula is C11H16N4O. The first-order valence-electron chi connectivity index (χ1n) is 5.53. The summed E-state index contributed by atoms with van der Waals surface area (Å²) in [4.78, 5) is 0. The van der Waals surface area contributed by atoms with Gasteiger partial charge < -0.3 is 5.11 Å². The molecule has 0 aliphatic heterocycles. The van der Waals surface area contributed by atoms with Gasteiger partial charge in [-0.2, -0.15) is 5.26 Å². The molecule has 2 rings (SSSR count). The van der Waals surface area contributed by atoms with Gasteiger partial charge in [-0.3, -0.25) is 0 Å². The van der Waals surface area contributed by atoms with E-state index in [2.05, 4.69) is 16.4 Å². The zero-order valence-corrected chi connectivity index (χ0v) is 9.64. The summed E-state index contributed by atoms with van der Waals surface area (Å²) in [5.41, 5.74) is 1.01. The fourth-order valence-corrected chi connectivity index (χ4v) is 1.84. The first-order chi connectivity index (χ1) is 7.51. The molecule has 0 atom stereocenters. The second kappa shape index (κ2) is 3.87. The van der Waals surface area contributed by atoms with Gasteiger partial charge in [-0.1, -0.05) is 5.21 Å². The number of aromatic nitrogens is 3. The van der Waals surface area contributed by atoms with Crippen molar-refractivity contribution in [3.8, 4) is 6.07 Å². The zero-order chi connectivity index (χ0) is 11.8. The Kier molecular flexibility index (Phi) is 2.68. The Bertz CT molecular complexity index is 420. The molecule has 5 nitrogen and oxygen atoms in total. The highest BCUT2D eigenvalue weighted by atomic mass is 16.3. The average molecular weight is 220 g/mol. The molecule has 16 heavy (non-hydrogen) atoms. The van der Waals surface area contributed by atoms with E-state index in [9.17, 15) is 5.11 Å². The van der Waals surface area contributed by atoms with Crippen LogP contribution in [0.3, 0.4) is 0 Å². The van der Waals surface area contributed by atoms with E-state index in [-0.39, 0.29) is 0 Å². The van der Waals surface area contributed by atoms with Crippen molar-refractivity contribution in [2.24, 2.45) is 0 Å². The van der Waals surface area contributed by atoms with Crippen molar-refractivity contribution in [2.75, 3.05) is 0 Å². The molecule has 1 aliphatic carbocycles. The van der Waals surface area contributed by atoms with Crippen LogP contribution in [0.2, 0.25) is 0 Å². The maximum absolute atomic E-state index is 9.78.